The van der Waals surface area contributed by atoms with Crippen LogP contribution in [0.2, 0.25) is 0 Å². The second-order valence-electron chi connectivity index (χ2n) is 31.8. The fourth-order valence-electron chi connectivity index (χ4n) is 12.1. The molecule has 35 nitrogen and oxygen atoms in total. The number of aliphatic hydroxyl groups is 1. The van der Waals surface area contributed by atoms with Gasteiger partial charge in [-0.25, -0.2) is 14.0 Å². The number of hydrogen-bond acceptors (Lipinski definition) is 25. The van der Waals surface area contributed by atoms with Crippen molar-refractivity contribution in [1.29, 1.82) is 0 Å². The molecule has 0 bridgehead atoms. The van der Waals surface area contributed by atoms with Crippen molar-refractivity contribution in [2.75, 3.05) is 52.7 Å². The van der Waals surface area contributed by atoms with Crippen molar-refractivity contribution in [3.05, 3.63) is 261 Å². The summed E-state index contributed by atoms with van der Waals surface area (Å²) in [5.41, 5.74) is 28.4. The summed E-state index contributed by atoms with van der Waals surface area (Å²) in [5.74, 6) is 0.683. The van der Waals surface area contributed by atoms with E-state index in [4.69, 9.17) is 56.5 Å². The van der Waals surface area contributed by atoms with Gasteiger partial charge in [-0.2, -0.15) is 0 Å². The molecule has 4 aromatic carbocycles. The first-order chi connectivity index (χ1) is 59.2. The lowest BCUT2D eigenvalue weighted by Crippen LogP contribution is -2.51. The Hall–Kier alpha value is -12.2. The van der Waals surface area contributed by atoms with Crippen molar-refractivity contribution < 1.29 is 66.7 Å². The minimum Gasteiger partial charge on any atom is -0.443 e. The Labute approximate surface area is 725 Å². The number of nitrogens with one attached hydrogen (secondary N) is 5. The van der Waals surface area contributed by atoms with Gasteiger partial charge in [-0.15, -0.1) is 40.8 Å². The van der Waals surface area contributed by atoms with Gasteiger partial charge in [0, 0.05) is 30.0 Å². The van der Waals surface area contributed by atoms with Gasteiger partial charge in [0.05, 0.1) is 99.6 Å². The number of ether oxygens (including phenoxy) is 6. The maximum Gasteiger partial charge on any atom is 0.410 e. The second kappa shape index (κ2) is 44.2. The Bertz CT molecular complexity index is 5320. The fraction of sp³-hybridized carbons (Fsp3) is 0.379. The molecule has 1 aliphatic rings. The highest BCUT2D eigenvalue weighted by Crippen LogP contribution is 2.25. The lowest BCUT2D eigenvalue weighted by molar-refractivity contribution is -0.127. The highest BCUT2D eigenvalue weighted by molar-refractivity contribution is 9.10. The SMILES string of the molecule is CC(C)(N)C(=O)N[C@H](COCc1ccccc1)c1nnc2ccc(Br)cn12.CC(C)(N)C(=O)N[C@H](COCc1ccccc1)c1nnc2cccc(COC(=O)N3CCC(F)C3)n12.CC(C)(N)C(=O)N[C@H](COCc1ccccc1)c1nnc2cccc(COC(=O)NCCO)n12.Cc1ccc2nnc([C@@H](COCc3ccccc3)NC(=O)C(C)(C)N)n2c1. The van der Waals surface area contributed by atoms with Crippen molar-refractivity contribution in [3.63, 3.8) is 0 Å². The molecule has 9 heterocycles. The Kier molecular flexibility index (Phi) is 33.6. The largest absolute Gasteiger partial charge is 0.443 e. The highest BCUT2D eigenvalue weighted by Gasteiger charge is 2.34. The van der Waals surface area contributed by atoms with E-state index in [1.807, 2.05) is 174 Å². The first-order valence-corrected chi connectivity index (χ1v) is 40.9. The minimum atomic E-state index is -1.12. The van der Waals surface area contributed by atoms with Crippen molar-refractivity contribution in [2.45, 2.75) is 161 Å². The van der Waals surface area contributed by atoms with Gasteiger partial charge < -0.3 is 87.9 Å². The van der Waals surface area contributed by atoms with E-state index < -0.39 is 64.7 Å². The Morgan fingerprint density at radius 2 is 0.790 bits per heavy atom. The van der Waals surface area contributed by atoms with E-state index in [0.29, 0.717) is 96.7 Å². The third kappa shape index (κ3) is 27.7. The number of fused-ring (bicyclic) bond motifs is 4. The van der Waals surface area contributed by atoms with E-state index >= 15 is 0 Å². The molecule has 12 aromatic rings. The average molecular weight is 1770 g/mol. The first-order valence-electron chi connectivity index (χ1n) is 40.1. The van der Waals surface area contributed by atoms with Crippen LogP contribution in [-0.2, 0) is 87.2 Å². The highest BCUT2D eigenvalue weighted by atomic mass is 79.9. The molecule has 0 spiro atoms. The van der Waals surface area contributed by atoms with Crippen LogP contribution in [0.1, 0.15) is 148 Å². The maximum absolute atomic E-state index is 13.5. The van der Waals surface area contributed by atoms with Gasteiger partial charge in [0.1, 0.15) is 43.6 Å². The molecule has 0 saturated carbocycles. The van der Waals surface area contributed by atoms with Crippen LogP contribution in [0.25, 0.3) is 22.6 Å². The molecule has 13 rings (SSSR count). The second-order valence-corrected chi connectivity index (χ2v) is 32.7. The number of likely N-dealkylation sites (tertiary alicyclic amines) is 1. The number of halogens is 2. The van der Waals surface area contributed by atoms with Crippen molar-refractivity contribution in [3.8, 4) is 0 Å². The number of aromatic nitrogens is 12. The van der Waals surface area contributed by atoms with Crippen LogP contribution >= 0.6 is 15.9 Å². The molecule has 6 amide bonds. The zero-order chi connectivity index (χ0) is 89.1. The van der Waals surface area contributed by atoms with E-state index in [2.05, 4.69) is 83.3 Å². The van der Waals surface area contributed by atoms with Crippen LogP contribution in [0.4, 0.5) is 14.0 Å². The van der Waals surface area contributed by atoms with Crippen LogP contribution in [0.15, 0.2) is 199 Å². The molecule has 1 aliphatic heterocycles. The van der Waals surface area contributed by atoms with Gasteiger partial charge in [0.15, 0.2) is 45.9 Å². The van der Waals surface area contributed by atoms with Crippen LogP contribution in [0.3, 0.4) is 0 Å². The summed E-state index contributed by atoms with van der Waals surface area (Å²) in [6.45, 7) is 17.4. The molecule has 5 atom stereocenters. The van der Waals surface area contributed by atoms with Crippen LogP contribution < -0.4 is 49.5 Å². The molecular weight excluding hydrogens is 1660 g/mol. The lowest BCUT2D eigenvalue weighted by atomic mass is 10.1. The van der Waals surface area contributed by atoms with Gasteiger partial charge in [0.25, 0.3) is 0 Å². The lowest BCUT2D eigenvalue weighted by Gasteiger charge is -2.24. The third-order valence-corrected chi connectivity index (χ3v) is 19.4. The Morgan fingerprint density at radius 3 is 1.15 bits per heavy atom. The maximum atomic E-state index is 13.5. The number of pyridine rings is 4. The molecule has 124 heavy (non-hydrogen) atoms. The molecule has 37 heteroatoms. The number of benzene rings is 4. The van der Waals surface area contributed by atoms with Crippen molar-refractivity contribution in [2.24, 2.45) is 22.9 Å². The minimum absolute atomic E-state index is 0.0304. The van der Waals surface area contributed by atoms with Crippen LogP contribution in [0.5, 0.6) is 0 Å². The van der Waals surface area contributed by atoms with E-state index in [1.54, 1.807) is 101 Å². The van der Waals surface area contributed by atoms with Crippen LogP contribution in [0, 0.1) is 6.92 Å². The molecule has 0 aliphatic carbocycles. The first kappa shape index (κ1) is 94.1. The number of amides is 6. The number of alkyl halides is 1. The number of hydrogen-bond donors (Lipinski definition) is 10. The number of rotatable bonds is 34. The van der Waals surface area contributed by atoms with E-state index in [1.165, 1.54) is 4.90 Å². The molecule has 14 N–H and O–H groups in total. The van der Waals surface area contributed by atoms with Gasteiger partial charge in [-0.1, -0.05) is 140 Å². The average Bonchev–Trinajstić information content (AvgIpc) is 1.65. The predicted octanol–water partition coefficient (Wildman–Crippen LogP) is 8.33. The van der Waals surface area contributed by atoms with Gasteiger partial charge in [-0.3, -0.25) is 36.8 Å². The molecule has 0 radical (unpaired) electrons. The molecule has 1 unspecified atom stereocenters. The topological polar surface area (TPSA) is 466 Å². The van der Waals surface area contributed by atoms with E-state index in [0.717, 1.165) is 32.3 Å². The van der Waals surface area contributed by atoms with E-state index in [9.17, 15) is 33.2 Å². The summed E-state index contributed by atoms with van der Waals surface area (Å²) in [5, 5.41) is 56.8. The number of carbonyl (C=O) groups excluding carboxylic acids is 6. The quantitative estimate of drug-likeness (QED) is 0.0181. The number of carbonyl (C=O) groups is 6. The standard InChI is InChI=1S/C25H31FN6O4.C23H30N6O5.C20H25N5O2.C19H22BrN5O2/c1-25(2,27)23(33)28-20(16-35-14-17-7-4-3-5-8-17)22-30-29-21-10-6-9-19(32(21)22)15-36-24(34)31-12-11-18(26)13-31;1-23(2,24)21(31)26-18(15-33-13-16-7-4-3-5-8-16)20-28-27-19-10-6-9-17(29(19)20)14-34-22(32)25-11-12-30;1-14-9-10-17-23-24-18(25(17)11-14)16(22-19(26)20(2,3)21)13-27-12-15-7-5-4-6-8-15;1-19(2,21)18(26)22-15(12-27-11-13-6-4-3-5-7-13)17-24-23-16-9-8-14(20)10-25(16)17/h3-10,18,20H,11-16,27H2,1-2H3,(H,28,33);3-10,18,30H,11-15,24H2,1-2H3,(H,25,32)(H,26,31);4-11,16H,12-13,21H2,1-3H3,(H,22,26);3-10,15H,11-12,21H2,1-2H3,(H,22,26)/t18?,20-;18-;16-;15-/m1111/s1. The smallest absolute Gasteiger partial charge is 0.410 e. The summed E-state index contributed by atoms with van der Waals surface area (Å²) in [6, 6.07) is 54.9. The number of aryl methyl sites for hydroxylation is 1. The summed E-state index contributed by atoms with van der Waals surface area (Å²) < 4.78 is 55.7. The Balaban J connectivity index is 0.000000174. The van der Waals surface area contributed by atoms with Crippen LogP contribution in [-0.4, -0.2) is 185 Å². The normalized spacial score (nSPS) is 13.9. The zero-order valence-corrected chi connectivity index (χ0v) is 72.3. The number of nitrogens with two attached hydrogens (primary N) is 4. The Morgan fingerprint density at radius 1 is 0.444 bits per heavy atom. The molecule has 1 fully saturated rings. The van der Waals surface area contributed by atoms with Gasteiger partial charge in [0.2, 0.25) is 23.6 Å². The molecule has 658 valence electrons. The van der Waals surface area contributed by atoms with Crippen molar-refractivity contribution in [1.82, 2.24) is 89.9 Å². The molecular formula is C87H108BrFN22O13. The number of nitrogens with zero attached hydrogens (tertiary/aromatic N) is 13. The monoisotopic (exact) mass is 1770 g/mol. The third-order valence-electron chi connectivity index (χ3n) is 18.9. The summed E-state index contributed by atoms with van der Waals surface area (Å²) >= 11 is 3.45. The number of alkyl carbamates (subject to hydrolysis) is 1. The number of aliphatic hydroxyl groups excluding tert-OH is 1. The summed E-state index contributed by atoms with van der Waals surface area (Å²) in [4.78, 5) is 75.9. The van der Waals surface area contributed by atoms with Gasteiger partial charge >= 0.3 is 12.2 Å². The zero-order valence-electron chi connectivity index (χ0n) is 70.7. The predicted molar refractivity (Wildman–Crippen MR) is 462 cm³/mol. The summed E-state index contributed by atoms with van der Waals surface area (Å²) in [6.07, 6.45) is 1.83. The summed E-state index contributed by atoms with van der Waals surface area (Å²) in [7, 11) is 0. The fourth-order valence-corrected chi connectivity index (χ4v) is 12.5. The molecule has 8 aromatic heterocycles. The molecule has 1 saturated heterocycles. The van der Waals surface area contributed by atoms with E-state index in [-0.39, 0.29) is 83.0 Å². The van der Waals surface area contributed by atoms with Gasteiger partial charge in [-0.05, 0) is 155 Å². The van der Waals surface area contributed by atoms with Crippen molar-refractivity contribution >= 4 is 74.3 Å².